The van der Waals surface area contributed by atoms with E-state index in [1.54, 1.807) is 40.7 Å². The second-order valence-corrected chi connectivity index (χ2v) is 8.05. The van der Waals surface area contributed by atoms with Crippen molar-refractivity contribution in [3.8, 4) is 0 Å². The minimum absolute atomic E-state index is 0.0655. The highest BCUT2D eigenvalue weighted by atomic mass is 32.2. The first-order valence-electron chi connectivity index (χ1n) is 8.51. The Kier molecular flexibility index (Phi) is 5.53. The van der Waals surface area contributed by atoms with Crippen molar-refractivity contribution >= 4 is 21.8 Å². The minimum atomic E-state index is -3.54. The van der Waals surface area contributed by atoms with Crippen LogP contribution >= 0.6 is 0 Å². The number of hydrogen-bond acceptors (Lipinski definition) is 5. The van der Waals surface area contributed by atoms with Gasteiger partial charge in [-0.05, 0) is 36.6 Å². The first kappa shape index (κ1) is 18.3. The van der Waals surface area contributed by atoms with Gasteiger partial charge in [-0.3, -0.25) is 0 Å². The van der Waals surface area contributed by atoms with Crippen molar-refractivity contribution in [1.82, 2.24) is 9.29 Å². The van der Waals surface area contributed by atoms with Crippen LogP contribution < -0.4 is 5.32 Å². The first-order chi connectivity index (χ1) is 12.5. The second kappa shape index (κ2) is 7.84. The van der Waals surface area contributed by atoms with Crippen molar-refractivity contribution in [1.29, 1.82) is 0 Å². The van der Waals surface area contributed by atoms with Gasteiger partial charge in [0.15, 0.2) is 5.69 Å². The average Bonchev–Trinajstić information content (AvgIpc) is 2.67. The lowest BCUT2D eigenvalue weighted by atomic mass is 10.2. The standard InChI is InChI=1S/C18H21N3O4S/c22-18(23)15-8-6-10-17(20-15)19-13-14-7-2-3-9-16(14)26(24,25)21-11-4-1-5-12-21/h2-3,6-10H,1,4-5,11-13H2,(H,19,20)(H,22,23). The molecule has 2 heterocycles. The molecule has 1 aliphatic heterocycles. The van der Waals surface area contributed by atoms with E-state index in [9.17, 15) is 13.2 Å². The number of nitrogens with zero attached hydrogens (tertiary/aromatic N) is 2. The highest BCUT2D eigenvalue weighted by molar-refractivity contribution is 7.89. The molecule has 1 saturated heterocycles. The number of rotatable bonds is 6. The summed E-state index contributed by atoms with van der Waals surface area (Å²) in [6, 6.07) is 11.5. The maximum Gasteiger partial charge on any atom is 0.354 e. The monoisotopic (exact) mass is 375 g/mol. The molecule has 138 valence electrons. The number of aromatic carboxylic acids is 1. The Morgan fingerprint density at radius 3 is 2.54 bits per heavy atom. The van der Waals surface area contributed by atoms with E-state index in [1.807, 2.05) is 0 Å². The zero-order valence-electron chi connectivity index (χ0n) is 14.3. The van der Waals surface area contributed by atoms with E-state index in [0.29, 0.717) is 24.5 Å². The number of aromatic nitrogens is 1. The summed E-state index contributed by atoms with van der Waals surface area (Å²) >= 11 is 0. The maximum atomic E-state index is 13.0. The quantitative estimate of drug-likeness (QED) is 0.805. The molecule has 1 fully saturated rings. The topological polar surface area (TPSA) is 99.6 Å². The highest BCUT2D eigenvalue weighted by Crippen LogP contribution is 2.24. The SMILES string of the molecule is O=C(O)c1cccc(NCc2ccccc2S(=O)(=O)N2CCCCC2)n1. The number of hydrogen-bond donors (Lipinski definition) is 2. The summed E-state index contributed by atoms with van der Waals surface area (Å²) in [6.07, 6.45) is 2.82. The van der Waals surface area contributed by atoms with E-state index >= 15 is 0 Å². The van der Waals surface area contributed by atoms with Gasteiger partial charge in [-0.25, -0.2) is 18.2 Å². The largest absolute Gasteiger partial charge is 0.477 e. The van der Waals surface area contributed by atoms with Crippen LogP contribution in [0.15, 0.2) is 47.4 Å². The predicted octanol–water partition coefficient (Wildman–Crippen LogP) is 2.57. The number of benzene rings is 1. The molecule has 7 nitrogen and oxygen atoms in total. The van der Waals surface area contributed by atoms with Crippen molar-refractivity contribution in [3.63, 3.8) is 0 Å². The zero-order chi connectivity index (χ0) is 18.6. The van der Waals surface area contributed by atoms with Gasteiger partial charge < -0.3 is 10.4 Å². The lowest BCUT2D eigenvalue weighted by molar-refractivity contribution is 0.0690. The summed E-state index contributed by atoms with van der Waals surface area (Å²) in [6.45, 7) is 1.33. The molecule has 2 N–H and O–H groups in total. The van der Waals surface area contributed by atoms with Crippen LogP contribution in [0.2, 0.25) is 0 Å². The number of pyridine rings is 1. The third-order valence-electron chi connectivity index (χ3n) is 4.33. The van der Waals surface area contributed by atoms with Gasteiger partial charge >= 0.3 is 5.97 Å². The maximum absolute atomic E-state index is 13.0. The van der Waals surface area contributed by atoms with Gasteiger partial charge in [-0.2, -0.15) is 4.31 Å². The fourth-order valence-corrected chi connectivity index (χ4v) is 4.72. The van der Waals surface area contributed by atoms with E-state index < -0.39 is 16.0 Å². The number of piperidine rings is 1. The fourth-order valence-electron chi connectivity index (χ4n) is 2.98. The molecule has 0 radical (unpaired) electrons. The van der Waals surface area contributed by atoms with E-state index in [4.69, 9.17) is 5.11 Å². The third-order valence-corrected chi connectivity index (χ3v) is 6.33. The summed E-state index contributed by atoms with van der Waals surface area (Å²) in [5.41, 5.74) is 0.560. The van der Waals surface area contributed by atoms with Crippen molar-refractivity contribution in [2.75, 3.05) is 18.4 Å². The highest BCUT2D eigenvalue weighted by Gasteiger charge is 2.27. The van der Waals surface area contributed by atoms with Gasteiger partial charge in [0.2, 0.25) is 10.0 Å². The second-order valence-electron chi connectivity index (χ2n) is 6.14. The lowest BCUT2D eigenvalue weighted by Crippen LogP contribution is -2.36. The molecule has 3 rings (SSSR count). The van der Waals surface area contributed by atoms with Gasteiger partial charge in [0, 0.05) is 19.6 Å². The van der Waals surface area contributed by atoms with Crippen molar-refractivity contribution in [3.05, 3.63) is 53.7 Å². The van der Waals surface area contributed by atoms with Gasteiger partial charge in [0.05, 0.1) is 4.90 Å². The Morgan fingerprint density at radius 1 is 1.08 bits per heavy atom. The predicted molar refractivity (Wildman–Crippen MR) is 97.6 cm³/mol. The normalized spacial score (nSPS) is 15.5. The van der Waals surface area contributed by atoms with Crippen LogP contribution in [0.5, 0.6) is 0 Å². The van der Waals surface area contributed by atoms with E-state index in [1.165, 1.54) is 6.07 Å². The molecule has 0 aliphatic carbocycles. The average molecular weight is 375 g/mol. The molecule has 0 spiro atoms. The van der Waals surface area contributed by atoms with Crippen LogP contribution in [0.25, 0.3) is 0 Å². The van der Waals surface area contributed by atoms with Gasteiger partial charge in [0.1, 0.15) is 5.82 Å². The molecule has 0 saturated carbocycles. The Bertz CT molecular complexity index is 893. The van der Waals surface area contributed by atoms with Crippen LogP contribution in [-0.2, 0) is 16.6 Å². The number of carboxylic acids is 1. The summed E-state index contributed by atoms with van der Waals surface area (Å²) in [5, 5.41) is 12.0. The molecule has 0 atom stereocenters. The summed E-state index contributed by atoms with van der Waals surface area (Å²) < 4.78 is 27.5. The molecule has 1 aromatic heterocycles. The van der Waals surface area contributed by atoms with E-state index in [2.05, 4.69) is 10.3 Å². The van der Waals surface area contributed by atoms with E-state index in [0.717, 1.165) is 19.3 Å². The van der Waals surface area contributed by atoms with Crippen molar-refractivity contribution < 1.29 is 18.3 Å². The van der Waals surface area contributed by atoms with Crippen LogP contribution in [0.3, 0.4) is 0 Å². The fraction of sp³-hybridized carbons (Fsp3) is 0.333. The van der Waals surface area contributed by atoms with Crippen molar-refractivity contribution in [2.45, 2.75) is 30.7 Å². The Labute approximate surface area is 152 Å². The Balaban J connectivity index is 1.81. The smallest absolute Gasteiger partial charge is 0.354 e. The number of nitrogens with one attached hydrogen (secondary N) is 1. The molecule has 2 aromatic rings. The molecule has 0 unspecified atom stereocenters. The molecule has 0 amide bonds. The van der Waals surface area contributed by atoms with Crippen molar-refractivity contribution in [2.24, 2.45) is 0 Å². The van der Waals surface area contributed by atoms with Crippen LogP contribution in [0.1, 0.15) is 35.3 Å². The molecule has 26 heavy (non-hydrogen) atoms. The zero-order valence-corrected chi connectivity index (χ0v) is 15.1. The van der Waals surface area contributed by atoms with Gasteiger partial charge in [-0.15, -0.1) is 0 Å². The summed E-state index contributed by atoms with van der Waals surface area (Å²) in [5.74, 6) is -0.725. The summed E-state index contributed by atoms with van der Waals surface area (Å²) in [7, 11) is -3.54. The molecule has 1 aliphatic rings. The molecular formula is C18H21N3O4S. The Hall–Kier alpha value is -2.45. The number of sulfonamides is 1. The number of anilines is 1. The van der Waals surface area contributed by atoms with Gasteiger partial charge in [-0.1, -0.05) is 30.7 Å². The molecule has 8 heteroatoms. The minimum Gasteiger partial charge on any atom is -0.477 e. The van der Waals surface area contributed by atoms with E-state index in [-0.39, 0.29) is 17.1 Å². The lowest BCUT2D eigenvalue weighted by Gasteiger charge is -2.26. The number of carboxylic acid groups (broad SMARTS) is 1. The first-order valence-corrected chi connectivity index (χ1v) is 9.95. The van der Waals surface area contributed by atoms with Crippen LogP contribution in [-0.4, -0.2) is 41.9 Å². The molecular weight excluding hydrogens is 354 g/mol. The number of carbonyl (C=O) groups is 1. The van der Waals surface area contributed by atoms with Gasteiger partial charge in [0.25, 0.3) is 0 Å². The van der Waals surface area contributed by atoms with Crippen LogP contribution in [0.4, 0.5) is 5.82 Å². The molecule has 1 aromatic carbocycles. The van der Waals surface area contributed by atoms with Crippen LogP contribution in [0, 0.1) is 0 Å². The Morgan fingerprint density at radius 2 is 1.81 bits per heavy atom. The third kappa shape index (κ3) is 4.03. The summed E-state index contributed by atoms with van der Waals surface area (Å²) in [4.78, 5) is 15.3. The molecule has 0 bridgehead atoms.